The number of hydrogen-bond donors (Lipinski definition) is 1. The molecule has 1 aliphatic heterocycles. The number of halogens is 1. The molecule has 3 rings (SSSR count). The number of aryl methyl sites for hydroxylation is 1. The summed E-state index contributed by atoms with van der Waals surface area (Å²) in [5, 5.41) is 6.79. The molecule has 1 fully saturated rings. The van der Waals surface area contributed by atoms with Crippen molar-refractivity contribution in [3.8, 4) is 0 Å². The van der Waals surface area contributed by atoms with Gasteiger partial charge in [-0.15, -0.1) is 0 Å². The van der Waals surface area contributed by atoms with Crippen molar-refractivity contribution in [3.63, 3.8) is 0 Å². The van der Waals surface area contributed by atoms with Gasteiger partial charge in [0, 0.05) is 38.3 Å². The molecule has 2 aromatic rings. The first-order chi connectivity index (χ1) is 12.0. The van der Waals surface area contributed by atoms with E-state index in [9.17, 15) is 14.0 Å². The van der Waals surface area contributed by atoms with E-state index in [1.54, 1.807) is 31.4 Å². The van der Waals surface area contributed by atoms with Crippen molar-refractivity contribution < 1.29 is 9.18 Å². The molecule has 1 amide bonds. The molecule has 132 valence electrons. The molecule has 0 aliphatic carbocycles. The van der Waals surface area contributed by atoms with E-state index in [1.807, 2.05) is 0 Å². The van der Waals surface area contributed by atoms with Crippen LogP contribution in [0.5, 0.6) is 0 Å². The number of rotatable bonds is 4. The molecule has 1 saturated heterocycles. The van der Waals surface area contributed by atoms with Crippen LogP contribution in [-0.4, -0.2) is 28.8 Å². The normalized spacial score (nSPS) is 17.4. The van der Waals surface area contributed by atoms with Gasteiger partial charge in [0.1, 0.15) is 5.82 Å². The molecule has 1 unspecified atom stereocenters. The number of piperidine rings is 1. The number of nitrogens with one attached hydrogen (secondary N) is 1. The van der Waals surface area contributed by atoms with E-state index < -0.39 is 0 Å². The minimum atomic E-state index is -0.375. The van der Waals surface area contributed by atoms with Gasteiger partial charge in [-0.2, -0.15) is 5.10 Å². The van der Waals surface area contributed by atoms with Crippen molar-refractivity contribution in [2.45, 2.75) is 19.3 Å². The highest BCUT2D eigenvalue weighted by Gasteiger charge is 2.23. The molecule has 7 heteroatoms. The van der Waals surface area contributed by atoms with Crippen molar-refractivity contribution in [2.24, 2.45) is 13.0 Å². The maximum absolute atomic E-state index is 13.2. The Kier molecular flexibility index (Phi) is 5.11. The van der Waals surface area contributed by atoms with Crippen LogP contribution in [0.3, 0.4) is 0 Å². The van der Waals surface area contributed by atoms with Crippen LogP contribution in [0, 0.1) is 11.7 Å². The van der Waals surface area contributed by atoms with Gasteiger partial charge < -0.3 is 10.2 Å². The SMILES string of the molecule is Cn1ncc(N2CCCC(CC(=O)Nc3cccc(F)c3)C2)cc1=O. The van der Waals surface area contributed by atoms with Crippen LogP contribution in [-0.2, 0) is 11.8 Å². The molecular formula is C18H21FN4O2. The number of amides is 1. The first kappa shape index (κ1) is 17.1. The van der Waals surface area contributed by atoms with Gasteiger partial charge in [-0.25, -0.2) is 9.07 Å². The van der Waals surface area contributed by atoms with E-state index >= 15 is 0 Å². The van der Waals surface area contributed by atoms with Crippen LogP contribution in [0.15, 0.2) is 41.3 Å². The van der Waals surface area contributed by atoms with E-state index in [-0.39, 0.29) is 23.2 Å². The highest BCUT2D eigenvalue weighted by molar-refractivity contribution is 5.90. The van der Waals surface area contributed by atoms with Crippen molar-refractivity contribution in [3.05, 3.63) is 52.7 Å². The lowest BCUT2D eigenvalue weighted by Gasteiger charge is -2.33. The Labute approximate surface area is 145 Å². The molecule has 0 radical (unpaired) electrons. The largest absolute Gasteiger partial charge is 0.370 e. The Morgan fingerprint density at radius 2 is 2.24 bits per heavy atom. The van der Waals surface area contributed by atoms with Crippen LogP contribution < -0.4 is 15.8 Å². The molecule has 1 aromatic heterocycles. The van der Waals surface area contributed by atoms with Crippen molar-refractivity contribution in [1.82, 2.24) is 9.78 Å². The van der Waals surface area contributed by atoms with Crippen LogP contribution in [0.2, 0.25) is 0 Å². The first-order valence-electron chi connectivity index (χ1n) is 8.35. The molecule has 1 aromatic carbocycles. The van der Waals surface area contributed by atoms with Crippen LogP contribution in [0.1, 0.15) is 19.3 Å². The average Bonchev–Trinajstić information content (AvgIpc) is 2.57. The average molecular weight is 344 g/mol. The molecule has 0 saturated carbocycles. The molecule has 25 heavy (non-hydrogen) atoms. The summed E-state index contributed by atoms with van der Waals surface area (Å²) in [6.45, 7) is 1.54. The highest BCUT2D eigenvalue weighted by Crippen LogP contribution is 2.24. The molecular weight excluding hydrogens is 323 g/mol. The zero-order valence-corrected chi connectivity index (χ0v) is 14.1. The van der Waals surface area contributed by atoms with E-state index in [2.05, 4.69) is 15.3 Å². The van der Waals surface area contributed by atoms with Crippen molar-refractivity contribution in [1.29, 1.82) is 0 Å². The predicted octanol–water partition coefficient (Wildman–Crippen LogP) is 2.16. The molecule has 1 N–H and O–H groups in total. The van der Waals surface area contributed by atoms with Crippen LogP contribution in [0.4, 0.5) is 15.8 Å². The van der Waals surface area contributed by atoms with Crippen molar-refractivity contribution >= 4 is 17.3 Å². The van der Waals surface area contributed by atoms with Gasteiger partial charge in [0.25, 0.3) is 5.56 Å². The number of carbonyl (C=O) groups excluding carboxylic acids is 1. The monoisotopic (exact) mass is 344 g/mol. The standard InChI is InChI=1S/C18H21FN4O2/c1-22-18(25)10-16(11-20-22)23-7-3-4-13(12-23)8-17(24)21-15-6-2-5-14(19)9-15/h2,5-6,9-11,13H,3-4,7-8,12H2,1H3,(H,21,24). The smallest absolute Gasteiger partial charge is 0.268 e. The quantitative estimate of drug-likeness (QED) is 0.923. The third kappa shape index (κ3) is 4.43. The molecule has 2 heterocycles. The lowest BCUT2D eigenvalue weighted by Crippen LogP contribution is -2.37. The second-order valence-corrected chi connectivity index (χ2v) is 6.39. The Morgan fingerprint density at radius 3 is 3.00 bits per heavy atom. The minimum absolute atomic E-state index is 0.125. The first-order valence-corrected chi connectivity index (χ1v) is 8.35. The lowest BCUT2D eigenvalue weighted by atomic mass is 9.94. The third-order valence-corrected chi connectivity index (χ3v) is 4.42. The Morgan fingerprint density at radius 1 is 1.40 bits per heavy atom. The summed E-state index contributed by atoms with van der Waals surface area (Å²) < 4.78 is 14.5. The topological polar surface area (TPSA) is 67.2 Å². The second-order valence-electron chi connectivity index (χ2n) is 6.39. The number of aromatic nitrogens is 2. The number of anilines is 2. The summed E-state index contributed by atoms with van der Waals surface area (Å²) in [5.41, 5.74) is 1.11. The van der Waals surface area contributed by atoms with Gasteiger partial charge in [0.15, 0.2) is 0 Å². The van der Waals surface area contributed by atoms with Crippen molar-refractivity contribution in [2.75, 3.05) is 23.3 Å². The molecule has 1 atom stereocenters. The number of benzene rings is 1. The van der Waals surface area contributed by atoms with Gasteiger partial charge in [-0.05, 0) is 37.0 Å². The third-order valence-electron chi connectivity index (χ3n) is 4.42. The van der Waals surface area contributed by atoms with Crippen LogP contribution >= 0.6 is 0 Å². The number of nitrogens with zero attached hydrogens (tertiary/aromatic N) is 3. The maximum atomic E-state index is 13.2. The number of carbonyl (C=O) groups is 1. The van der Waals surface area contributed by atoms with Gasteiger partial charge in [0.05, 0.1) is 11.9 Å². The Bertz CT molecular complexity index is 821. The zero-order chi connectivity index (χ0) is 17.8. The van der Waals surface area contributed by atoms with Gasteiger partial charge in [-0.1, -0.05) is 6.07 Å². The van der Waals surface area contributed by atoms with E-state index in [4.69, 9.17) is 0 Å². The fourth-order valence-corrected chi connectivity index (χ4v) is 3.14. The summed E-state index contributed by atoms with van der Waals surface area (Å²) in [4.78, 5) is 26.1. The Balaban J connectivity index is 1.60. The fraction of sp³-hybridized carbons (Fsp3) is 0.389. The maximum Gasteiger partial charge on any atom is 0.268 e. The fourth-order valence-electron chi connectivity index (χ4n) is 3.14. The second kappa shape index (κ2) is 7.46. The zero-order valence-electron chi connectivity index (χ0n) is 14.1. The summed E-state index contributed by atoms with van der Waals surface area (Å²) in [6, 6.07) is 7.45. The molecule has 1 aliphatic rings. The van der Waals surface area contributed by atoms with Gasteiger partial charge in [-0.3, -0.25) is 9.59 Å². The summed E-state index contributed by atoms with van der Waals surface area (Å²) in [6.07, 6.45) is 3.94. The predicted molar refractivity (Wildman–Crippen MR) is 94.1 cm³/mol. The lowest BCUT2D eigenvalue weighted by molar-refractivity contribution is -0.117. The molecule has 6 nitrogen and oxygen atoms in total. The molecule has 0 spiro atoms. The minimum Gasteiger partial charge on any atom is -0.370 e. The highest BCUT2D eigenvalue weighted by atomic mass is 19.1. The summed E-state index contributed by atoms with van der Waals surface area (Å²) in [7, 11) is 1.61. The van der Waals surface area contributed by atoms with Crippen LogP contribution in [0.25, 0.3) is 0 Å². The van der Waals surface area contributed by atoms with E-state index in [1.165, 1.54) is 16.8 Å². The van der Waals surface area contributed by atoms with Gasteiger partial charge >= 0.3 is 0 Å². The van der Waals surface area contributed by atoms with Gasteiger partial charge in [0.2, 0.25) is 5.91 Å². The summed E-state index contributed by atoms with van der Waals surface area (Å²) in [5.74, 6) is -0.314. The van der Waals surface area contributed by atoms with E-state index in [0.717, 1.165) is 25.1 Å². The van der Waals surface area contributed by atoms with E-state index in [0.29, 0.717) is 18.7 Å². The molecule has 0 bridgehead atoms. The summed E-state index contributed by atoms with van der Waals surface area (Å²) >= 11 is 0. The Hall–Kier alpha value is -2.70. The number of hydrogen-bond acceptors (Lipinski definition) is 4.